The number of thiophene rings is 1. The summed E-state index contributed by atoms with van der Waals surface area (Å²) in [6.45, 7) is 13.1. The number of nitrogens with zero attached hydrogens (tertiary/aromatic N) is 1. The summed E-state index contributed by atoms with van der Waals surface area (Å²) in [5.74, 6) is 0.973. The highest BCUT2D eigenvalue weighted by atomic mass is 127. The maximum absolute atomic E-state index is 12.0. The Morgan fingerprint density at radius 1 is 1.27 bits per heavy atom. The van der Waals surface area contributed by atoms with Gasteiger partial charge in [-0.1, -0.05) is 13.8 Å². The van der Waals surface area contributed by atoms with Gasteiger partial charge in [-0.05, 0) is 45.7 Å². The predicted octanol–water partition coefficient (Wildman–Crippen LogP) is 3.89. The minimum Gasteiger partial charge on any atom is -0.444 e. The van der Waals surface area contributed by atoms with Gasteiger partial charge in [0.05, 0.1) is 12.6 Å². The molecule has 0 aliphatic rings. The molecule has 1 atom stereocenters. The molecule has 0 aliphatic carbocycles. The minimum atomic E-state index is -0.504. The van der Waals surface area contributed by atoms with Crippen molar-refractivity contribution in [1.29, 1.82) is 0 Å². The predicted molar refractivity (Wildman–Crippen MR) is 121 cm³/mol. The standard InChI is InChI=1S/C18H32N4O2S.HI/c1-12(2)15(22-17(23)24-18(4,5)6)11-21-16(19-7)20-10-14-9-8-13(3)25-14;/h8-9,12,15H,10-11H2,1-7H3,(H,22,23)(H2,19,20,21);1H. The van der Waals surface area contributed by atoms with Crippen molar-refractivity contribution in [2.45, 2.75) is 59.7 Å². The summed E-state index contributed by atoms with van der Waals surface area (Å²) in [5.41, 5.74) is -0.504. The summed E-state index contributed by atoms with van der Waals surface area (Å²) < 4.78 is 5.34. The second kappa shape index (κ2) is 11.6. The maximum atomic E-state index is 12.0. The van der Waals surface area contributed by atoms with Crippen LogP contribution >= 0.6 is 35.3 Å². The summed E-state index contributed by atoms with van der Waals surface area (Å²) in [7, 11) is 1.74. The molecule has 0 saturated heterocycles. The molecule has 26 heavy (non-hydrogen) atoms. The van der Waals surface area contributed by atoms with Crippen molar-refractivity contribution in [3.63, 3.8) is 0 Å². The van der Waals surface area contributed by atoms with E-state index in [1.54, 1.807) is 18.4 Å². The number of amides is 1. The van der Waals surface area contributed by atoms with Crippen LogP contribution in [-0.2, 0) is 11.3 Å². The van der Waals surface area contributed by atoms with E-state index in [2.05, 4.69) is 53.8 Å². The molecule has 1 unspecified atom stereocenters. The molecule has 0 fully saturated rings. The van der Waals surface area contributed by atoms with Crippen LogP contribution in [0, 0.1) is 12.8 Å². The lowest BCUT2D eigenvalue weighted by Gasteiger charge is -2.26. The third-order valence-corrected chi connectivity index (χ3v) is 4.45. The quantitative estimate of drug-likeness (QED) is 0.318. The molecule has 3 N–H and O–H groups in total. The number of hydrogen-bond donors (Lipinski definition) is 3. The van der Waals surface area contributed by atoms with Gasteiger partial charge in [0.15, 0.2) is 5.96 Å². The number of alkyl carbamates (subject to hydrolysis) is 1. The Morgan fingerprint density at radius 3 is 2.38 bits per heavy atom. The summed E-state index contributed by atoms with van der Waals surface area (Å²) in [6, 6.07) is 4.16. The first-order chi connectivity index (χ1) is 11.6. The van der Waals surface area contributed by atoms with Crippen LogP contribution in [0.15, 0.2) is 17.1 Å². The average Bonchev–Trinajstić information content (AvgIpc) is 2.89. The van der Waals surface area contributed by atoms with Gasteiger partial charge in [0.1, 0.15) is 5.60 Å². The maximum Gasteiger partial charge on any atom is 0.407 e. The number of halogens is 1. The van der Waals surface area contributed by atoms with Crippen LogP contribution in [0.1, 0.15) is 44.4 Å². The van der Waals surface area contributed by atoms with Crippen molar-refractivity contribution in [3.8, 4) is 0 Å². The van der Waals surface area contributed by atoms with Crippen molar-refractivity contribution in [2.24, 2.45) is 10.9 Å². The molecule has 0 bridgehead atoms. The zero-order chi connectivity index (χ0) is 19.0. The third kappa shape index (κ3) is 10.2. The van der Waals surface area contributed by atoms with Gasteiger partial charge in [-0.25, -0.2) is 4.79 Å². The monoisotopic (exact) mass is 496 g/mol. The van der Waals surface area contributed by atoms with Gasteiger partial charge < -0.3 is 20.7 Å². The first-order valence-electron chi connectivity index (χ1n) is 8.60. The minimum absolute atomic E-state index is 0. The highest BCUT2D eigenvalue weighted by Crippen LogP contribution is 2.14. The van der Waals surface area contributed by atoms with Crippen LogP contribution < -0.4 is 16.0 Å². The molecule has 0 aliphatic heterocycles. The second-order valence-corrected chi connectivity index (χ2v) is 8.69. The van der Waals surface area contributed by atoms with Gasteiger partial charge in [-0.2, -0.15) is 0 Å². The number of carbonyl (C=O) groups is 1. The molecule has 0 saturated carbocycles. The second-order valence-electron chi connectivity index (χ2n) is 7.32. The lowest BCUT2D eigenvalue weighted by molar-refractivity contribution is 0.0491. The van der Waals surface area contributed by atoms with Crippen LogP contribution in [0.3, 0.4) is 0 Å². The molecular weight excluding hydrogens is 463 g/mol. The summed E-state index contributed by atoms with van der Waals surface area (Å²) in [5, 5.41) is 9.48. The molecule has 8 heteroatoms. The van der Waals surface area contributed by atoms with Crippen LogP contribution in [0.2, 0.25) is 0 Å². The number of hydrogen-bond acceptors (Lipinski definition) is 4. The fourth-order valence-electron chi connectivity index (χ4n) is 2.09. The Bertz CT molecular complexity index is 582. The zero-order valence-corrected chi connectivity index (χ0v) is 20.0. The van der Waals surface area contributed by atoms with E-state index in [0.29, 0.717) is 12.5 Å². The van der Waals surface area contributed by atoms with E-state index in [1.807, 2.05) is 20.8 Å². The normalized spacial score (nSPS) is 13.0. The van der Waals surface area contributed by atoms with Crippen molar-refractivity contribution >= 4 is 47.4 Å². The first-order valence-corrected chi connectivity index (χ1v) is 9.41. The number of ether oxygens (including phenoxy) is 1. The average molecular weight is 496 g/mol. The lowest BCUT2D eigenvalue weighted by atomic mass is 10.0. The molecule has 0 aromatic carbocycles. The number of guanidine groups is 1. The SMILES string of the molecule is CN=C(NCc1ccc(C)s1)NCC(NC(=O)OC(C)(C)C)C(C)C.I. The number of rotatable bonds is 6. The Hall–Kier alpha value is -1.03. The number of carbonyl (C=O) groups excluding carboxylic acids is 1. The van der Waals surface area contributed by atoms with Crippen molar-refractivity contribution in [2.75, 3.05) is 13.6 Å². The largest absolute Gasteiger partial charge is 0.444 e. The zero-order valence-electron chi connectivity index (χ0n) is 16.8. The van der Waals surface area contributed by atoms with Crippen LogP contribution in [0.4, 0.5) is 4.79 Å². The van der Waals surface area contributed by atoms with Gasteiger partial charge in [0.25, 0.3) is 0 Å². The molecule has 1 heterocycles. The topological polar surface area (TPSA) is 74.8 Å². The summed E-state index contributed by atoms with van der Waals surface area (Å²) in [6.07, 6.45) is -0.398. The Labute approximate surface area is 178 Å². The number of aryl methyl sites for hydroxylation is 1. The van der Waals surface area contributed by atoms with E-state index >= 15 is 0 Å². The molecule has 1 amide bonds. The van der Waals surface area contributed by atoms with E-state index < -0.39 is 11.7 Å². The van der Waals surface area contributed by atoms with Crippen LogP contribution in [-0.4, -0.2) is 37.3 Å². The summed E-state index contributed by atoms with van der Waals surface area (Å²) >= 11 is 1.76. The Morgan fingerprint density at radius 2 is 1.92 bits per heavy atom. The number of aliphatic imine (C=N–C) groups is 1. The van der Waals surface area contributed by atoms with Crippen LogP contribution in [0.25, 0.3) is 0 Å². The van der Waals surface area contributed by atoms with Gasteiger partial charge in [0.2, 0.25) is 0 Å². The van der Waals surface area contributed by atoms with Gasteiger partial charge in [-0.3, -0.25) is 4.99 Å². The Balaban J connectivity index is 0.00000625. The first kappa shape index (κ1) is 25.0. The van der Waals surface area contributed by atoms with E-state index in [4.69, 9.17) is 4.74 Å². The molecule has 1 aromatic heterocycles. The van der Waals surface area contributed by atoms with Crippen molar-refractivity contribution in [1.82, 2.24) is 16.0 Å². The van der Waals surface area contributed by atoms with E-state index in [0.717, 1.165) is 6.54 Å². The fraction of sp³-hybridized carbons (Fsp3) is 0.667. The highest BCUT2D eigenvalue weighted by molar-refractivity contribution is 14.0. The van der Waals surface area contributed by atoms with E-state index in [-0.39, 0.29) is 35.9 Å². The number of nitrogens with one attached hydrogen (secondary N) is 3. The van der Waals surface area contributed by atoms with Crippen molar-refractivity contribution in [3.05, 3.63) is 21.9 Å². The van der Waals surface area contributed by atoms with Crippen molar-refractivity contribution < 1.29 is 9.53 Å². The highest BCUT2D eigenvalue weighted by Gasteiger charge is 2.21. The van der Waals surface area contributed by atoms with E-state index in [1.165, 1.54) is 9.75 Å². The molecule has 1 aromatic rings. The third-order valence-electron chi connectivity index (χ3n) is 3.45. The fourth-order valence-corrected chi connectivity index (χ4v) is 2.92. The van der Waals surface area contributed by atoms with Gasteiger partial charge in [-0.15, -0.1) is 35.3 Å². The smallest absolute Gasteiger partial charge is 0.407 e. The molecule has 0 spiro atoms. The molecule has 150 valence electrons. The van der Waals surface area contributed by atoms with Crippen LogP contribution in [0.5, 0.6) is 0 Å². The molecule has 0 radical (unpaired) electrons. The Kier molecular flexibility index (Phi) is 11.2. The molecule has 6 nitrogen and oxygen atoms in total. The van der Waals surface area contributed by atoms with Gasteiger partial charge in [0, 0.05) is 23.3 Å². The molecule has 1 rings (SSSR count). The van der Waals surface area contributed by atoms with E-state index in [9.17, 15) is 4.79 Å². The van der Waals surface area contributed by atoms with Gasteiger partial charge >= 0.3 is 6.09 Å². The molecular formula is C18H33IN4O2S. The summed E-state index contributed by atoms with van der Waals surface area (Å²) in [4.78, 5) is 18.8. The lowest BCUT2D eigenvalue weighted by Crippen LogP contribution is -2.50.